The number of aromatic amines is 1. The highest BCUT2D eigenvalue weighted by Crippen LogP contribution is 2.23. The Balaban J connectivity index is 1.49. The molecule has 3 rings (SSSR count). The van der Waals surface area contributed by atoms with Crippen LogP contribution < -0.4 is 10.1 Å². The van der Waals surface area contributed by atoms with Crippen LogP contribution >= 0.6 is 35.4 Å². The van der Waals surface area contributed by atoms with E-state index in [1.165, 1.54) is 0 Å². The summed E-state index contributed by atoms with van der Waals surface area (Å²) < 4.78 is 7.79. The monoisotopic (exact) mass is 478 g/mol. The summed E-state index contributed by atoms with van der Waals surface area (Å²) in [4.78, 5) is 12.3. The summed E-state index contributed by atoms with van der Waals surface area (Å²) in [6, 6.07) is 13.2. The largest absolute Gasteiger partial charge is 0.494 e. The van der Waals surface area contributed by atoms with E-state index in [0.717, 1.165) is 29.7 Å². The van der Waals surface area contributed by atoms with Gasteiger partial charge in [-0.25, -0.2) is 0 Å². The predicted octanol–water partition coefficient (Wildman–Crippen LogP) is 5.45. The van der Waals surface area contributed by atoms with Crippen molar-refractivity contribution in [3.8, 4) is 17.1 Å². The first-order chi connectivity index (χ1) is 15.0. The van der Waals surface area contributed by atoms with Crippen LogP contribution in [-0.4, -0.2) is 33.8 Å². The van der Waals surface area contributed by atoms with Crippen molar-refractivity contribution >= 4 is 41.3 Å². The zero-order valence-electron chi connectivity index (χ0n) is 17.2. The van der Waals surface area contributed by atoms with Gasteiger partial charge in [-0.1, -0.05) is 29.3 Å². The van der Waals surface area contributed by atoms with Gasteiger partial charge in [0.15, 0.2) is 10.6 Å². The minimum absolute atomic E-state index is 0.0325. The minimum atomic E-state index is -0.0325. The summed E-state index contributed by atoms with van der Waals surface area (Å²) in [5.41, 5.74) is 1.99. The fraction of sp³-hybridized carbons (Fsp3) is 0.318. The lowest BCUT2D eigenvalue weighted by Gasteiger charge is -2.09. The number of aromatic nitrogens is 3. The summed E-state index contributed by atoms with van der Waals surface area (Å²) in [5, 5.41) is 11.2. The van der Waals surface area contributed by atoms with Crippen LogP contribution in [-0.2, 0) is 17.8 Å². The van der Waals surface area contributed by atoms with E-state index in [4.69, 9.17) is 40.2 Å². The fourth-order valence-corrected chi connectivity index (χ4v) is 3.67. The molecule has 0 saturated carbocycles. The highest BCUT2D eigenvalue weighted by atomic mass is 35.5. The molecule has 0 atom stereocenters. The number of hydrogen-bond donors (Lipinski definition) is 2. The lowest BCUT2D eigenvalue weighted by atomic mass is 10.1. The summed E-state index contributed by atoms with van der Waals surface area (Å²) in [5.74, 6) is 1.46. The van der Waals surface area contributed by atoms with Gasteiger partial charge in [-0.15, -0.1) is 0 Å². The Morgan fingerprint density at radius 3 is 2.68 bits per heavy atom. The minimum Gasteiger partial charge on any atom is -0.494 e. The van der Waals surface area contributed by atoms with E-state index in [9.17, 15) is 4.79 Å². The summed E-state index contributed by atoms with van der Waals surface area (Å²) in [6.07, 6.45) is 1.93. The number of nitrogens with zero attached hydrogens (tertiary/aromatic N) is 2. The molecule has 3 aromatic rings. The molecule has 0 aliphatic rings. The summed E-state index contributed by atoms with van der Waals surface area (Å²) in [6.45, 7) is 3.58. The van der Waals surface area contributed by atoms with Crippen molar-refractivity contribution in [3.63, 3.8) is 0 Å². The van der Waals surface area contributed by atoms with E-state index >= 15 is 0 Å². The second-order valence-corrected chi connectivity index (χ2v) is 8.11. The Morgan fingerprint density at radius 2 is 1.97 bits per heavy atom. The van der Waals surface area contributed by atoms with Gasteiger partial charge < -0.3 is 10.1 Å². The highest BCUT2D eigenvalue weighted by molar-refractivity contribution is 7.71. The van der Waals surface area contributed by atoms with Gasteiger partial charge in [-0.05, 0) is 73.9 Å². The second kappa shape index (κ2) is 11.3. The van der Waals surface area contributed by atoms with Gasteiger partial charge in [-0.2, -0.15) is 5.10 Å². The van der Waals surface area contributed by atoms with Gasteiger partial charge in [0.2, 0.25) is 5.91 Å². The van der Waals surface area contributed by atoms with E-state index in [0.29, 0.717) is 46.8 Å². The molecule has 2 aromatic carbocycles. The third kappa shape index (κ3) is 6.56. The van der Waals surface area contributed by atoms with E-state index in [2.05, 4.69) is 15.5 Å². The van der Waals surface area contributed by atoms with Crippen molar-refractivity contribution in [1.82, 2.24) is 20.1 Å². The van der Waals surface area contributed by atoms with Gasteiger partial charge in [0.1, 0.15) is 5.75 Å². The lowest BCUT2D eigenvalue weighted by Crippen LogP contribution is -2.25. The van der Waals surface area contributed by atoms with Crippen LogP contribution in [0.4, 0.5) is 0 Å². The van der Waals surface area contributed by atoms with Gasteiger partial charge in [0.25, 0.3) is 0 Å². The molecule has 164 valence electrons. The summed E-state index contributed by atoms with van der Waals surface area (Å²) >= 11 is 17.3. The molecule has 0 aliphatic heterocycles. The van der Waals surface area contributed by atoms with E-state index < -0.39 is 0 Å². The van der Waals surface area contributed by atoms with Crippen LogP contribution in [0, 0.1) is 4.77 Å². The number of rotatable bonds is 10. The highest BCUT2D eigenvalue weighted by Gasteiger charge is 2.11. The molecule has 0 bridgehead atoms. The van der Waals surface area contributed by atoms with E-state index in [1.54, 1.807) is 6.07 Å². The van der Waals surface area contributed by atoms with Gasteiger partial charge in [0.05, 0.1) is 16.7 Å². The maximum atomic E-state index is 12.3. The van der Waals surface area contributed by atoms with Gasteiger partial charge >= 0.3 is 0 Å². The molecule has 1 aromatic heterocycles. The lowest BCUT2D eigenvalue weighted by molar-refractivity contribution is -0.121. The van der Waals surface area contributed by atoms with Crippen LogP contribution in [0.3, 0.4) is 0 Å². The van der Waals surface area contributed by atoms with E-state index in [1.807, 2.05) is 47.9 Å². The number of halogens is 2. The Labute approximate surface area is 196 Å². The van der Waals surface area contributed by atoms with Crippen molar-refractivity contribution < 1.29 is 9.53 Å². The number of carbonyl (C=O) groups excluding carboxylic acids is 1. The number of hydrogen-bond acceptors (Lipinski definition) is 4. The Morgan fingerprint density at radius 1 is 1.19 bits per heavy atom. The molecule has 0 aliphatic carbocycles. The molecular weight excluding hydrogens is 455 g/mol. The van der Waals surface area contributed by atoms with Crippen LogP contribution in [0.25, 0.3) is 11.4 Å². The van der Waals surface area contributed by atoms with Crippen molar-refractivity contribution in [1.29, 1.82) is 0 Å². The number of benzene rings is 2. The number of H-pyrrole nitrogens is 1. The Hall–Kier alpha value is -2.35. The molecule has 9 heteroatoms. The zero-order chi connectivity index (χ0) is 22.2. The number of amides is 1. The second-order valence-electron chi connectivity index (χ2n) is 6.91. The molecule has 0 unspecified atom stereocenters. The first-order valence-corrected chi connectivity index (χ1v) is 11.2. The average Bonchev–Trinajstić information content (AvgIpc) is 3.13. The maximum Gasteiger partial charge on any atom is 0.221 e. The number of nitrogens with one attached hydrogen (secondary N) is 2. The van der Waals surface area contributed by atoms with Crippen molar-refractivity contribution in [2.75, 3.05) is 13.2 Å². The number of ether oxygens (including phenoxy) is 1. The molecule has 31 heavy (non-hydrogen) atoms. The third-order valence-corrected chi connectivity index (χ3v) is 5.74. The van der Waals surface area contributed by atoms with Crippen LogP contribution in [0.2, 0.25) is 10.0 Å². The molecule has 0 radical (unpaired) electrons. The smallest absolute Gasteiger partial charge is 0.221 e. The van der Waals surface area contributed by atoms with Crippen LogP contribution in [0.15, 0.2) is 42.5 Å². The first kappa shape index (κ1) is 23.3. The molecule has 0 spiro atoms. The molecule has 1 heterocycles. The Kier molecular flexibility index (Phi) is 8.51. The quantitative estimate of drug-likeness (QED) is 0.300. The number of aryl methyl sites for hydroxylation is 1. The third-order valence-electron chi connectivity index (χ3n) is 4.69. The van der Waals surface area contributed by atoms with Crippen molar-refractivity contribution in [2.24, 2.45) is 0 Å². The standard InChI is InChI=1S/C22H24Cl2N4O2S/c1-2-30-17-8-6-16(7-9-17)21-26-27-22(31)28(21)13-11-20(29)25-12-3-4-15-5-10-18(23)19(24)14-15/h5-10,14H,2-4,11-13H2,1H3,(H,25,29)(H,27,31). The maximum absolute atomic E-state index is 12.3. The van der Waals surface area contributed by atoms with Crippen LogP contribution in [0.5, 0.6) is 5.75 Å². The average molecular weight is 479 g/mol. The van der Waals surface area contributed by atoms with Gasteiger partial charge in [-0.3, -0.25) is 14.5 Å². The normalized spacial score (nSPS) is 10.8. The first-order valence-electron chi connectivity index (χ1n) is 10.1. The molecule has 1 amide bonds. The SMILES string of the molecule is CCOc1ccc(-c2n[nH]c(=S)n2CCC(=O)NCCCc2ccc(Cl)c(Cl)c2)cc1. The Bertz CT molecular complexity index is 1080. The topological polar surface area (TPSA) is 71.9 Å². The summed E-state index contributed by atoms with van der Waals surface area (Å²) in [7, 11) is 0. The predicted molar refractivity (Wildman–Crippen MR) is 126 cm³/mol. The van der Waals surface area contributed by atoms with Crippen molar-refractivity contribution in [2.45, 2.75) is 32.7 Å². The fourth-order valence-electron chi connectivity index (χ4n) is 3.13. The molecule has 0 saturated heterocycles. The molecule has 0 fully saturated rings. The molecule has 6 nitrogen and oxygen atoms in total. The van der Waals surface area contributed by atoms with Crippen LogP contribution in [0.1, 0.15) is 25.3 Å². The number of carbonyl (C=O) groups is 1. The molecular formula is C22H24Cl2N4O2S. The van der Waals surface area contributed by atoms with Gasteiger partial charge in [0, 0.05) is 25.1 Å². The van der Waals surface area contributed by atoms with Crippen molar-refractivity contribution in [3.05, 3.63) is 62.8 Å². The molecule has 2 N–H and O–H groups in total. The zero-order valence-corrected chi connectivity index (χ0v) is 19.5. The van der Waals surface area contributed by atoms with E-state index in [-0.39, 0.29) is 5.91 Å².